The first kappa shape index (κ1) is 19.9. The number of imidazole rings is 1. The minimum absolute atomic E-state index is 0.274. The molecule has 1 aliphatic heterocycles. The van der Waals surface area contributed by atoms with E-state index in [4.69, 9.17) is 10.7 Å². The third kappa shape index (κ3) is 3.63. The highest BCUT2D eigenvalue weighted by molar-refractivity contribution is 5.59. The maximum atomic E-state index is 5.74. The second kappa shape index (κ2) is 7.99. The molecular weight excluding hydrogens is 414 g/mol. The zero-order chi connectivity index (χ0) is 22.4. The average Bonchev–Trinajstić information content (AvgIpc) is 3.57. The van der Waals surface area contributed by atoms with Crippen LogP contribution >= 0.6 is 0 Å². The van der Waals surface area contributed by atoms with E-state index in [0.29, 0.717) is 12.1 Å². The summed E-state index contributed by atoms with van der Waals surface area (Å²) in [4.78, 5) is 20.0. The highest BCUT2D eigenvalue weighted by Gasteiger charge is 2.30. The largest absolute Gasteiger partial charge is 0.368 e. The highest BCUT2D eigenvalue weighted by atomic mass is 15.4. The predicted molar refractivity (Wildman–Crippen MR) is 126 cm³/mol. The van der Waals surface area contributed by atoms with Crippen LogP contribution in [0.1, 0.15) is 41.9 Å². The van der Waals surface area contributed by atoms with Crippen LogP contribution in [0.4, 0.5) is 11.8 Å². The van der Waals surface area contributed by atoms with Crippen molar-refractivity contribution in [2.45, 2.75) is 44.7 Å². The number of benzene rings is 1. The predicted octanol–water partition coefficient (Wildman–Crippen LogP) is 3.00. The summed E-state index contributed by atoms with van der Waals surface area (Å²) in [5, 5.41) is 4.53. The molecule has 1 aliphatic carbocycles. The van der Waals surface area contributed by atoms with E-state index >= 15 is 0 Å². The van der Waals surface area contributed by atoms with E-state index < -0.39 is 0 Å². The van der Waals surface area contributed by atoms with E-state index in [1.165, 1.54) is 11.1 Å². The SMILES string of the molecule is Cc1ncn(C2CCN(c3cnc(-c4cnc(N)nc4)n3C3Cc4ccccc4C3)CC2)n1. The van der Waals surface area contributed by atoms with Crippen LogP contribution in [-0.2, 0) is 12.8 Å². The van der Waals surface area contributed by atoms with Gasteiger partial charge in [0, 0.05) is 31.5 Å². The number of piperidine rings is 1. The van der Waals surface area contributed by atoms with E-state index in [9.17, 15) is 0 Å². The molecule has 4 aromatic rings. The van der Waals surface area contributed by atoms with Crippen LogP contribution < -0.4 is 10.6 Å². The first-order valence-electron chi connectivity index (χ1n) is 11.5. The topological polar surface area (TPSA) is 104 Å². The first-order valence-corrected chi connectivity index (χ1v) is 11.5. The van der Waals surface area contributed by atoms with Gasteiger partial charge in [0.25, 0.3) is 0 Å². The summed E-state index contributed by atoms with van der Waals surface area (Å²) in [7, 11) is 0. The van der Waals surface area contributed by atoms with Crippen LogP contribution in [0.15, 0.2) is 49.2 Å². The van der Waals surface area contributed by atoms with Gasteiger partial charge < -0.3 is 15.2 Å². The smallest absolute Gasteiger partial charge is 0.219 e. The summed E-state index contributed by atoms with van der Waals surface area (Å²) < 4.78 is 4.42. The summed E-state index contributed by atoms with van der Waals surface area (Å²) in [5.41, 5.74) is 9.46. The number of fused-ring (bicyclic) bond motifs is 1. The van der Waals surface area contributed by atoms with Gasteiger partial charge >= 0.3 is 0 Å². The molecule has 0 saturated carbocycles. The molecule has 168 valence electrons. The number of rotatable bonds is 4. The summed E-state index contributed by atoms with van der Waals surface area (Å²) in [6.07, 6.45) is 11.5. The van der Waals surface area contributed by atoms with E-state index in [-0.39, 0.29) is 5.95 Å². The Kier molecular flexibility index (Phi) is 4.82. The van der Waals surface area contributed by atoms with Crippen molar-refractivity contribution in [1.82, 2.24) is 34.3 Å². The molecular formula is C24H27N9. The van der Waals surface area contributed by atoms with Crippen LogP contribution in [0.3, 0.4) is 0 Å². The van der Waals surface area contributed by atoms with Gasteiger partial charge in [0.05, 0.1) is 17.8 Å². The Balaban J connectivity index is 1.32. The lowest BCUT2D eigenvalue weighted by Crippen LogP contribution is -2.36. The molecule has 1 saturated heterocycles. The Hall–Kier alpha value is -3.75. The van der Waals surface area contributed by atoms with E-state index in [1.807, 2.05) is 24.1 Å². The molecule has 0 unspecified atom stereocenters. The van der Waals surface area contributed by atoms with Crippen molar-refractivity contribution in [2.24, 2.45) is 0 Å². The fourth-order valence-corrected chi connectivity index (χ4v) is 5.23. The third-order valence-corrected chi connectivity index (χ3v) is 6.89. The fraction of sp³-hybridized carbons (Fsp3) is 0.375. The Morgan fingerprint density at radius 2 is 1.58 bits per heavy atom. The van der Waals surface area contributed by atoms with Crippen molar-refractivity contribution < 1.29 is 0 Å². The zero-order valence-electron chi connectivity index (χ0n) is 18.7. The lowest BCUT2D eigenvalue weighted by Gasteiger charge is -2.34. The van der Waals surface area contributed by atoms with Gasteiger partial charge in [-0.1, -0.05) is 24.3 Å². The van der Waals surface area contributed by atoms with Crippen LogP contribution in [0.5, 0.6) is 0 Å². The van der Waals surface area contributed by atoms with Gasteiger partial charge in [-0.3, -0.25) is 0 Å². The number of hydrogen-bond acceptors (Lipinski definition) is 7. The lowest BCUT2D eigenvalue weighted by molar-refractivity contribution is 0.361. The quantitative estimate of drug-likeness (QED) is 0.519. The molecule has 9 nitrogen and oxygen atoms in total. The van der Waals surface area contributed by atoms with Crippen molar-refractivity contribution in [3.05, 3.63) is 66.1 Å². The highest BCUT2D eigenvalue weighted by Crippen LogP contribution is 2.38. The second-order valence-corrected chi connectivity index (χ2v) is 8.96. The molecule has 3 aromatic heterocycles. The van der Waals surface area contributed by atoms with Crippen LogP contribution in [0.25, 0.3) is 11.4 Å². The van der Waals surface area contributed by atoms with Gasteiger partial charge in [-0.25, -0.2) is 24.6 Å². The minimum atomic E-state index is 0.274. The average molecular weight is 442 g/mol. The Morgan fingerprint density at radius 3 is 2.21 bits per heavy atom. The molecule has 6 rings (SSSR count). The van der Waals surface area contributed by atoms with Gasteiger partial charge in [-0.2, -0.15) is 5.10 Å². The van der Waals surface area contributed by atoms with E-state index in [1.54, 1.807) is 12.4 Å². The molecule has 9 heteroatoms. The van der Waals surface area contributed by atoms with E-state index in [0.717, 1.165) is 61.8 Å². The molecule has 0 bridgehead atoms. The van der Waals surface area contributed by atoms with Crippen molar-refractivity contribution in [3.63, 3.8) is 0 Å². The van der Waals surface area contributed by atoms with Gasteiger partial charge in [0.15, 0.2) is 0 Å². The summed E-state index contributed by atoms with van der Waals surface area (Å²) in [5.74, 6) is 3.16. The molecule has 33 heavy (non-hydrogen) atoms. The molecule has 4 heterocycles. The fourth-order valence-electron chi connectivity index (χ4n) is 5.23. The van der Waals surface area contributed by atoms with Crippen LogP contribution in [0, 0.1) is 6.92 Å². The van der Waals surface area contributed by atoms with Crippen molar-refractivity contribution >= 4 is 11.8 Å². The number of anilines is 2. The van der Waals surface area contributed by atoms with Gasteiger partial charge in [-0.15, -0.1) is 0 Å². The Bertz CT molecular complexity index is 1240. The number of nitrogens with zero attached hydrogens (tertiary/aromatic N) is 8. The summed E-state index contributed by atoms with van der Waals surface area (Å²) in [6.45, 7) is 3.84. The molecule has 0 spiro atoms. The standard InChI is InChI=1S/C24H27N9/c1-16-29-15-32(30-16)20-6-8-31(9-7-20)22-14-26-23(19-12-27-24(25)28-13-19)33(22)21-10-17-4-2-3-5-18(17)11-21/h2-5,12-15,20-21H,6-11H2,1H3,(H2,25,27,28). The first-order chi connectivity index (χ1) is 16.2. The lowest BCUT2D eigenvalue weighted by atomic mass is 10.1. The normalized spacial score (nSPS) is 16.9. The maximum Gasteiger partial charge on any atom is 0.219 e. The van der Waals surface area contributed by atoms with Crippen molar-refractivity contribution in [1.29, 1.82) is 0 Å². The molecule has 1 fully saturated rings. The number of nitrogens with two attached hydrogens (primary N) is 1. The molecule has 0 amide bonds. The van der Waals surface area contributed by atoms with Crippen molar-refractivity contribution in [2.75, 3.05) is 23.7 Å². The Morgan fingerprint density at radius 1 is 0.879 bits per heavy atom. The molecule has 0 radical (unpaired) electrons. The van der Waals surface area contributed by atoms with Crippen LogP contribution in [0.2, 0.25) is 0 Å². The third-order valence-electron chi connectivity index (χ3n) is 6.89. The zero-order valence-corrected chi connectivity index (χ0v) is 18.7. The molecule has 0 atom stereocenters. The van der Waals surface area contributed by atoms with Gasteiger partial charge in [0.2, 0.25) is 5.95 Å². The number of aromatic nitrogens is 7. The summed E-state index contributed by atoms with van der Waals surface area (Å²) >= 11 is 0. The van der Waals surface area contributed by atoms with Gasteiger partial charge in [-0.05, 0) is 43.7 Å². The number of nitrogen functional groups attached to an aromatic ring is 1. The van der Waals surface area contributed by atoms with E-state index in [2.05, 4.69) is 53.8 Å². The molecule has 1 aromatic carbocycles. The minimum Gasteiger partial charge on any atom is -0.368 e. The molecule has 2 aliphatic rings. The molecule has 2 N–H and O–H groups in total. The Labute approximate surface area is 192 Å². The monoisotopic (exact) mass is 441 g/mol. The van der Waals surface area contributed by atoms with Crippen molar-refractivity contribution in [3.8, 4) is 11.4 Å². The summed E-state index contributed by atoms with van der Waals surface area (Å²) in [6, 6.07) is 9.43. The van der Waals surface area contributed by atoms with Gasteiger partial charge in [0.1, 0.15) is 23.8 Å². The maximum absolute atomic E-state index is 5.74. The second-order valence-electron chi connectivity index (χ2n) is 8.96. The number of hydrogen-bond donors (Lipinski definition) is 1. The van der Waals surface area contributed by atoms with Crippen LogP contribution in [-0.4, -0.2) is 47.4 Å². The number of aryl methyl sites for hydroxylation is 1.